The van der Waals surface area contributed by atoms with Gasteiger partial charge in [-0.25, -0.2) is 0 Å². The Morgan fingerprint density at radius 3 is 2.50 bits per heavy atom. The molecular weight excluding hydrogens is 272 g/mol. The molecular formula is C19H23N2O+. The minimum absolute atomic E-state index is 0.0261. The molecule has 0 atom stereocenters. The predicted molar refractivity (Wildman–Crippen MR) is 87.8 cm³/mol. The molecule has 0 saturated heterocycles. The molecule has 114 valence electrons. The zero-order valence-electron chi connectivity index (χ0n) is 13.4. The largest absolute Gasteiger partial charge is 0.320 e. The van der Waals surface area contributed by atoms with Crippen LogP contribution in [0.4, 0.5) is 5.69 Å². The lowest BCUT2D eigenvalue weighted by atomic mass is 9.93. The number of aromatic nitrogens is 1. The quantitative estimate of drug-likeness (QED) is 0.867. The highest BCUT2D eigenvalue weighted by Crippen LogP contribution is 2.20. The third-order valence-corrected chi connectivity index (χ3v) is 4.42. The molecule has 0 spiro atoms. The summed E-state index contributed by atoms with van der Waals surface area (Å²) >= 11 is 0. The van der Waals surface area contributed by atoms with E-state index in [0.29, 0.717) is 6.54 Å². The molecule has 0 saturated carbocycles. The number of rotatable bonds is 3. The Labute approximate surface area is 132 Å². The standard InChI is InChI=1S/C19H22N2O/c1-14-6-5-7-15(2)19(14)20-18(22)13-21-11-10-16-8-3-4-9-17(16)12-21/h5-7,10-12H,3-4,8-9,13H2,1-2H3/p+1. The van der Waals surface area contributed by atoms with Gasteiger partial charge in [-0.05, 0) is 56.2 Å². The number of carbonyl (C=O) groups excluding carboxylic acids is 1. The van der Waals surface area contributed by atoms with Gasteiger partial charge in [-0.15, -0.1) is 0 Å². The Hall–Kier alpha value is -2.16. The van der Waals surface area contributed by atoms with E-state index in [9.17, 15) is 4.79 Å². The number of para-hydroxylation sites is 1. The van der Waals surface area contributed by atoms with Gasteiger partial charge in [-0.1, -0.05) is 18.2 Å². The van der Waals surface area contributed by atoms with E-state index in [1.807, 2.05) is 42.8 Å². The molecule has 1 amide bonds. The van der Waals surface area contributed by atoms with Gasteiger partial charge >= 0.3 is 0 Å². The van der Waals surface area contributed by atoms with Crippen LogP contribution >= 0.6 is 0 Å². The molecule has 1 aliphatic rings. The maximum atomic E-state index is 12.3. The number of pyridine rings is 1. The summed E-state index contributed by atoms with van der Waals surface area (Å²) in [6.45, 7) is 4.41. The van der Waals surface area contributed by atoms with Crippen molar-refractivity contribution in [3.63, 3.8) is 0 Å². The molecule has 1 N–H and O–H groups in total. The predicted octanol–water partition coefficient (Wildman–Crippen LogP) is 3.11. The first kappa shape index (κ1) is 14.8. The molecule has 3 nitrogen and oxygen atoms in total. The van der Waals surface area contributed by atoms with Gasteiger partial charge in [0.1, 0.15) is 0 Å². The maximum Gasteiger partial charge on any atom is 0.290 e. The van der Waals surface area contributed by atoms with Crippen molar-refractivity contribution in [1.29, 1.82) is 0 Å². The van der Waals surface area contributed by atoms with E-state index in [4.69, 9.17) is 0 Å². The fourth-order valence-electron chi connectivity index (χ4n) is 3.17. The van der Waals surface area contributed by atoms with Crippen LogP contribution in [-0.4, -0.2) is 5.91 Å². The number of fused-ring (bicyclic) bond motifs is 1. The summed E-state index contributed by atoms with van der Waals surface area (Å²) in [5.41, 5.74) is 5.98. The van der Waals surface area contributed by atoms with Gasteiger partial charge in [0, 0.05) is 17.3 Å². The SMILES string of the molecule is Cc1cccc(C)c1NC(=O)C[n+]1ccc2c(c1)CCCC2. The molecule has 3 heteroatoms. The first-order valence-corrected chi connectivity index (χ1v) is 8.00. The van der Waals surface area contributed by atoms with Gasteiger partial charge < -0.3 is 5.32 Å². The van der Waals surface area contributed by atoms with Crippen molar-refractivity contribution in [1.82, 2.24) is 0 Å². The monoisotopic (exact) mass is 295 g/mol. The first-order chi connectivity index (χ1) is 10.6. The van der Waals surface area contributed by atoms with E-state index >= 15 is 0 Å². The summed E-state index contributed by atoms with van der Waals surface area (Å²) in [6.07, 6.45) is 9.00. The van der Waals surface area contributed by atoms with E-state index < -0.39 is 0 Å². The van der Waals surface area contributed by atoms with E-state index in [-0.39, 0.29) is 5.91 Å². The Morgan fingerprint density at radius 2 is 1.77 bits per heavy atom. The molecule has 3 rings (SSSR count). The lowest BCUT2D eigenvalue weighted by Gasteiger charge is -2.13. The van der Waals surface area contributed by atoms with Gasteiger partial charge in [-0.3, -0.25) is 4.79 Å². The van der Waals surface area contributed by atoms with Crippen LogP contribution in [0, 0.1) is 13.8 Å². The lowest BCUT2D eigenvalue weighted by molar-refractivity contribution is -0.684. The Kier molecular flexibility index (Phi) is 4.23. The second-order valence-corrected chi connectivity index (χ2v) is 6.19. The summed E-state index contributed by atoms with van der Waals surface area (Å²) in [5, 5.41) is 3.05. The second kappa shape index (κ2) is 6.30. The first-order valence-electron chi connectivity index (χ1n) is 8.00. The molecule has 1 aromatic carbocycles. The number of benzene rings is 1. The highest BCUT2D eigenvalue weighted by Gasteiger charge is 2.16. The number of hydrogen-bond acceptors (Lipinski definition) is 1. The van der Waals surface area contributed by atoms with Crippen LogP contribution in [0.25, 0.3) is 0 Å². The van der Waals surface area contributed by atoms with Gasteiger partial charge in [0.15, 0.2) is 12.4 Å². The Balaban J connectivity index is 1.72. The fourth-order valence-corrected chi connectivity index (χ4v) is 3.17. The van der Waals surface area contributed by atoms with Crippen molar-refractivity contribution in [2.24, 2.45) is 0 Å². The number of anilines is 1. The summed E-state index contributed by atoms with van der Waals surface area (Å²) in [5.74, 6) is 0.0261. The average Bonchev–Trinajstić information content (AvgIpc) is 2.51. The van der Waals surface area contributed by atoms with Crippen LogP contribution < -0.4 is 9.88 Å². The number of carbonyl (C=O) groups is 1. The van der Waals surface area contributed by atoms with Crippen LogP contribution in [0.1, 0.15) is 35.1 Å². The molecule has 22 heavy (non-hydrogen) atoms. The van der Waals surface area contributed by atoms with Gasteiger partial charge in [0.05, 0.1) is 0 Å². The van der Waals surface area contributed by atoms with Crippen LogP contribution in [0.2, 0.25) is 0 Å². The van der Waals surface area contributed by atoms with E-state index in [0.717, 1.165) is 23.2 Å². The number of aryl methyl sites for hydroxylation is 4. The minimum atomic E-state index is 0.0261. The highest BCUT2D eigenvalue weighted by molar-refractivity contribution is 5.91. The molecule has 1 aromatic heterocycles. The lowest BCUT2D eigenvalue weighted by Crippen LogP contribution is -2.40. The smallest absolute Gasteiger partial charge is 0.290 e. The number of nitrogens with zero attached hydrogens (tertiary/aromatic N) is 1. The van der Waals surface area contributed by atoms with Crippen LogP contribution in [0.15, 0.2) is 36.7 Å². The average molecular weight is 295 g/mol. The third-order valence-electron chi connectivity index (χ3n) is 4.42. The van der Waals surface area contributed by atoms with Gasteiger partial charge in [0.2, 0.25) is 6.54 Å². The Morgan fingerprint density at radius 1 is 1.09 bits per heavy atom. The molecule has 0 fully saturated rings. The molecule has 2 aromatic rings. The molecule has 1 aliphatic carbocycles. The second-order valence-electron chi connectivity index (χ2n) is 6.19. The van der Waals surface area contributed by atoms with Crippen molar-refractivity contribution in [2.75, 3.05) is 5.32 Å². The summed E-state index contributed by atoms with van der Waals surface area (Å²) in [7, 11) is 0. The third kappa shape index (κ3) is 3.19. The number of nitrogens with one attached hydrogen (secondary N) is 1. The minimum Gasteiger partial charge on any atom is -0.320 e. The Bertz CT molecular complexity index is 686. The topological polar surface area (TPSA) is 33.0 Å². The maximum absolute atomic E-state index is 12.3. The molecule has 0 radical (unpaired) electrons. The summed E-state index contributed by atoms with van der Waals surface area (Å²) in [4.78, 5) is 12.3. The molecule has 0 bridgehead atoms. The normalized spacial score (nSPS) is 13.5. The van der Waals surface area contributed by atoms with Crippen LogP contribution in [0.5, 0.6) is 0 Å². The van der Waals surface area contributed by atoms with E-state index in [1.165, 1.54) is 30.4 Å². The zero-order chi connectivity index (χ0) is 15.5. The summed E-state index contributed by atoms with van der Waals surface area (Å²) in [6, 6.07) is 8.22. The highest BCUT2D eigenvalue weighted by atomic mass is 16.1. The summed E-state index contributed by atoms with van der Waals surface area (Å²) < 4.78 is 1.99. The fraction of sp³-hybridized carbons (Fsp3) is 0.368. The molecule has 1 heterocycles. The van der Waals surface area contributed by atoms with E-state index in [2.05, 4.69) is 17.6 Å². The van der Waals surface area contributed by atoms with Crippen molar-refractivity contribution >= 4 is 11.6 Å². The van der Waals surface area contributed by atoms with Crippen molar-refractivity contribution in [3.8, 4) is 0 Å². The van der Waals surface area contributed by atoms with Gasteiger partial charge in [0.25, 0.3) is 5.91 Å². The zero-order valence-corrected chi connectivity index (χ0v) is 13.4. The van der Waals surface area contributed by atoms with Gasteiger partial charge in [-0.2, -0.15) is 4.57 Å². The van der Waals surface area contributed by atoms with Crippen LogP contribution in [-0.2, 0) is 24.2 Å². The number of hydrogen-bond donors (Lipinski definition) is 1. The van der Waals surface area contributed by atoms with Crippen molar-refractivity contribution in [3.05, 3.63) is 58.9 Å². The molecule has 0 unspecified atom stereocenters. The molecule has 0 aliphatic heterocycles. The van der Waals surface area contributed by atoms with Crippen LogP contribution in [0.3, 0.4) is 0 Å². The van der Waals surface area contributed by atoms with Crippen molar-refractivity contribution < 1.29 is 9.36 Å². The van der Waals surface area contributed by atoms with Crippen molar-refractivity contribution in [2.45, 2.75) is 46.1 Å². The van der Waals surface area contributed by atoms with E-state index in [1.54, 1.807) is 0 Å². The number of amides is 1.